The quantitative estimate of drug-likeness (QED) is 0.307. The smallest absolute Gasteiger partial charge is 0.293 e. The molecule has 2 aromatic carbocycles. The molecule has 8 heteroatoms. The van der Waals surface area contributed by atoms with Crippen LogP contribution in [0.5, 0.6) is 0 Å². The van der Waals surface area contributed by atoms with E-state index in [0.717, 1.165) is 16.8 Å². The number of nitro benzene ring substituents is 1. The summed E-state index contributed by atoms with van der Waals surface area (Å²) in [7, 11) is 0. The third-order valence-corrected chi connectivity index (χ3v) is 5.00. The Balaban J connectivity index is 1.64. The fraction of sp³-hybridized carbons (Fsp3) is 0.0800. The molecule has 0 aliphatic rings. The number of nitro groups is 1. The molecule has 0 atom stereocenters. The van der Waals surface area contributed by atoms with Crippen molar-refractivity contribution < 1.29 is 9.72 Å². The number of anilines is 2. The van der Waals surface area contributed by atoms with Gasteiger partial charge in [-0.05, 0) is 53.6 Å². The number of hydrogen-bond donors (Lipinski definition) is 1. The maximum atomic E-state index is 13.4. The maximum Gasteiger partial charge on any atom is 0.293 e. The summed E-state index contributed by atoms with van der Waals surface area (Å²) in [6.07, 6.45) is 6.69. The van der Waals surface area contributed by atoms with Crippen LogP contribution in [0.2, 0.25) is 0 Å². The van der Waals surface area contributed by atoms with Crippen LogP contribution in [-0.4, -0.2) is 25.7 Å². The lowest BCUT2D eigenvalue weighted by Gasteiger charge is -2.23. The molecule has 33 heavy (non-hydrogen) atoms. The molecular formula is C25H21N5O3. The van der Waals surface area contributed by atoms with Crippen LogP contribution in [0, 0.1) is 10.1 Å². The fourth-order valence-electron chi connectivity index (χ4n) is 3.40. The lowest BCUT2D eigenvalue weighted by atomic mass is 10.1. The van der Waals surface area contributed by atoms with E-state index in [2.05, 4.69) is 15.3 Å². The number of amides is 1. The molecule has 2 aromatic heterocycles. The molecule has 0 fully saturated rings. The van der Waals surface area contributed by atoms with E-state index in [4.69, 9.17) is 0 Å². The predicted molar refractivity (Wildman–Crippen MR) is 125 cm³/mol. The van der Waals surface area contributed by atoms with Gasteiger partial charge in [-0.3, -0.25) is 24.9 Å². The van der Waals surface area contributed by atoms with Gasteiger partial charge in [-0.15, -0.1) is 0 Å². The van der Waals surface area contributed by atoms with E-state index in [1.807, 2.05) is 48.5 Å². The maximum absolute atomic E-state index is 13.4. The number of benzene rings is 2. The lowest BCUT2D eigenvalue weighted by Crippen LogP contribution is -2.30. The molecule has 0 aliphatic carbocycles. The Hall–Kier alpha value is -4.59. The van der Waals surface area contributed by atoms with Crippen LogP contribution in [0.25, 0.3) is 0 Å². The number of nitrogens with one attached hydrogen (secondary N) is 1. The summed E-state index contributed by atoms with van der Waals surface area (Å²) in [4.78, 5) is 34.5. The van der Waals surface area contributed by atoms with E-state index < -0.39 is 4.92 Å². The molecule has 0 saturated heterocycles. The minimum Gasteiger partial charge on any atom is -0.350 e. The van der Waals surface area contributed by atoms with E-state index in [1.54, 1.807) is 47.9 Å². The number of rotatable bonds is 8. The Labute approximate surface area is 190 Å². The second-order valence-electron chi connectivity index (χ2n) is 7.36. The summed E-state index contributed by atoms with van der Waals surface area (Å²) in [6, 6.07) is 21.0. The van der Waals surface area contributed by atoms with Gasteiger partial charge in [-0.2, -0.15) is 0 Å². The highest BCUT2D eigenvalue weighted by atomic mass is 16.6. The van der Waals surface area contributed by atoms with Crippen molar-refractivity contribution in [2.24, 2.45) is 0 Å². The number of pyridine rings is 2. The van der Waals surface area contributed by atoms with Crippen molar-refractivity contribution in [3.63, 3.8) is 0 Å². The number of para-hydroxylation sites is 1. The number of nitrogens with zero attached hydrogens (tertiary/aromatic N) is 4. The highest BCUT2D eigenvalue weighted by Gasteiger charge is 2.22. The van der Waals surface area contributed by atoms with Gasteiger partial charge < -0.3 is 10.2 Å². The number of aromatic nitrogens is 2. The number of hydrogen-bond acceptors (Lipinski definition) is 6. The SMILES string of the molecule is O=C(c1ccc(Nc2ccccc2)c([N+](=O)[O-])c1)N(Cc1ccncc1)Cc1cccnc1. The summed E-state index contributed by atoms with van der Waals surface area (Å²) in [5.74, 6) is -0.315. The van der Waals surface area contributed by atoms with Crippen molar-refractivity contribution in [1.29, 1.82) is 0 Å². The molecule has 0 radical (unpaired) electrons. The molecule has 0 aliphatic heterocycles. The second kappa shape index (κ2) is 10.1. The highest BCUT2D eigenvalue weighted by Crippen LogP contribution is 2.29. The molecule has 0 saturated carbocycles. The third kappa shape index (κ3) is 5.56. The summed E-state index contributed by atoms with van der Waals surface area (Å²) in [5, 5.41) is 14.8. The predicted octanol–water partition coefficient (Wildman–Crippen LogP) is 4.97. The van der Waals surface area contributed by atoms with Crippen molar-refractivity contribution >= 4 is 23.0 Å². The fourth-order valence-corrected chi connectivity index (χ4v) is 3.40. The zero-order valence-corrected chi connectivity index (χ0v) is 17.7. The first kappa shape index (κ1) is 21.6. The van der Waals surface area contributed by atoms with Crippen LogP contribution in [0.4, 0.5) is 17.1 Å². The average Bonchev–Trinajstić information content (AvgIpc) is 2.85. The lowest BCUT2D eigenvalue weighted by molar-refractivity contribution is -0.383. The first-order valence-corrected chi connectivity index (χ1v) is 10.3. The molecule has 0 unspecified atom stereocenters. The standard InChI is InChI=1S/C25H21N5O3/c31-25(29(17-19-10-13-26-14-11-19)18-20-5-4-12-27-16-20)21-8-9-23(24(15-21)30(32)33)28-22-6-2-1-3-7-22/h1-16,28H,17-18H2. The topological polar surface area (TPSA) is 101 Å². The Kier molecular flexibility index (Phi) is 6.65. The normalized spacial score (nSPS) is 10.4. The molecule has 1 amide bonds. The van der Waals surface area contributed by atoms with Crippen LogP contribution in [-0.2, 0) is 13.1 Å². The van der Waals surface area contributed by atoms with Crippen molar-refractivity contribution in [3.05, 3.63) is 124 Å². The van der Waals surface area contributed by atoms with Crippen LogP contribution in [0.3, 0.4) is 0 Å². The van der Waals surface area contributed by atoms with Crippen molar-refractivity contribution in [1.82, 2.24) is 14.9 Å². The van der Waals surface area contributed by atoms with E-state index in [1.165, 1.54) is 6.07 Å². The average molecular weight is 439 g/mol. The number of carbonyl (C=O) groups excluding carboxylic acids is 1. The largest absolute Gasteiger partial charge is 0.350 e. The van der Waals surface area contributed by atoms with E-state index in [9.17, 15) is 14.9 Å². The van der Waals surface area contributed by atoms with Crippen molar-refractivity contribution in [3.8, 4) is 0 Å². The van der Waals surface area contributed by atoms with Crippen molar-refractivity contribution in [2.75, 3.05) is 5.32 Å². The Morgan fingerprint density at radius 3 is 2.33 bits per heavy atom. The third-order valence-electron chi connectivity index (χ3n) is 5.00. The van der Waals surface area contributed by atoms with Gasteiger partial charge in [0.05, 0.1) is 4.92 Å². The summed E-state index contributed by atoms with van der Waals surface area (Å²) in [6.45, 7) is 0.640. The molecule has 8 nitrogen and oxygen atoms in total. The minimum atomic E-state index is -0.490. The monoisotopic (exact) mass is 439 g/mol. The van der Waals surface area contributed by atoms with Crippen LogP contribution >= 0.6 is 0 Å². The second-order valence-corrected chi connectivity index (χ2v) is 7.36. The van der Waals surface area contributed by atoms with Crippen molar-refractivity contribution in [2.45, 2.75) is 13.1 Å². The Morgan fingerprint density at radius 1 is 0.879 bits per heavy atom. The first-order valence-electron chi connectivity index (χ1n) is 10.3. The van der Waals surface area contributed by atoms with Crippen LogP contribution < -0.4 is 5.32 Å². The van der Waals surface area contributed by atoms with E-state index in [-0.39, 0.29) is 17.2 Å². The van der Waals surface area contributed by atoms with Gasteiger partial charge in [0.25, 0.3) is 11.6 Å². The van der Waals surface area contributed by atoms with Gasteiger partial charge in [0.15, 0.2) is 0 Å². The summed E-state index contributed by atoms with van der Waals surface area (Å²) >= 11 is 0. The molecular weight excluding hydrogens is 418 g/mol. The first-order chi connectivity index (χ1) is 16.1. The van der Waals surface area contributed by atoms with E-state index >= 15 is 0 Å². The molecule has 0 spiro atoms. The van der Waals surface area contributed by atoms with Gasteiger partial charge in [0.2, 0.25) is 0 Å². The van der Waals surface area contributed by atoms with Gasteiger partial charge >= 0.3 is 0 Å². The molecule has 164 valence electrons. The van der Waals surface area contributed by atoms with Crippen LogP contribution in [0.1, 0.15) is 21.5 Å². The zero-order chi connectivity index (χ0) is 23.0. The van der Waals surface area contributed by atoms with Gasteiger partial charge in [0, 0.05) is 55.2 Å². The van der Waals surface area contributed by atoms with Crippen LogP contribution in [0.15, 0.2) is 97.6 Å². The summed E-state index contributed by atoms with van der Waals surface area (Å²) < 4.78 is 0. The summed E-state index contributed by atoms with van der Waals surface area (Å²) in [5.41, 5.74) is 2.86. The molecule has 0 bridgehead atoms. The zero-order valence-electron chi connectivity index (χ0n) is 17.7. The molecule has 4 rings (SSSR count). The minimum absolute atomic E-state index is 0.171. The Morgan fingerprint density at radius 2 is 1.64 bits per heavy atom. The number of carbonyl (C=O) groups is 1. The Bertz CT molecular complexity index is 1190. The highest BCUT2D eigenvalue weighted by molar-refractivity contribution is 5.96. The molecule has 2 heterocycles. The molecule has 1 N–H and O–H groups in total. The van der Waals surface area contributed by atoms with E-state index in [0.29, 0.717) is 18.8 Å². The molecule has 4 aromatic rings. The van der Waals surface area contributed by atoms with Gasteiger partial charge in [-0.25, -0.2) is 0 Å². The van der Waals surface area contributed by atoms with Gasteiger partial charge in [-0.1, -0.05) is 24.3 Å². The van der Waals surface area contributed by atoms with Gasteiger partial charge in [0.1, 0.15) is 5.69 Å².